The van der Waals surface area contributed by atoms with Crippen molar-refractivity contribution in [3.05, 3.63) is 69.0 Å². The van der Waals surface area contributed by atoms with E-state index < -0.39 is 0 Å². The molecule has 1 unspecified atom stereocenters. The predicted molar refractivity (Wildman–Crippen MR) is 117 cm³/mol. The topological polar surface area (TPSA) is 39.9 Å². The van der Waals surface area contributed by atoms with Crippen molar-refractivity contribution in [1.29, 1.82) is 0 Å². The maximum absolute atomic E-state index is 6.12. The van der Waals surface area contributed by atoms with Crippen LogP contribution in [0.3, 0.4) is 0 Å². The van der Waals surface area contributed by atoms with Crippen LogP contribution in [-0.2, 0) is 12.3 Å². The van der Waals surface area contributed by atoms with E-state index in [-0.39, 0.29) is 6.10 Å². The minimum absolute atomic E-state index is 0.200. The molecule has 1 atom stereocenters. The van der Waals surface area contributed by atoms with Crippen LogP contribution in [0.4, 0.5) is 0 Å². The van der Waals surface area contributed by atoms with Gasteiger partial charge in [0, 0.05) is 12.3 Å². The van der Waals surface area contributed by atoms with E-state index >= 15 is 0 Å². The first-order chi connectivity index (χ1) is 13.4. The number of thioether (sulfide) groups is 1. The van der Waals surface area contributed by atoms with E-state index in [1.54, 1.807) is 11.8 Å². The number of benzene rings is 2. The second-order valence-corrected chi connectivity index (χ2v) is 8.39. The van der Waals surface area contributed by atoms with Crippen molar-refractivity contribution >= 4 is 35.0 Å². The van der Waals surface area contributed by atoms with Crippen LogP contribution in [0.25, 0.3) is 0 Å². The van der Waals surface area contributed by atoms with Crippen molar-refractivity contribution in [2.75, 3.05) is 0 Å². The van der Waals surface area contributed by atoms with Gasteiger partial charge in [-0.3, -0.25) is 0 Å². The van der Waals surface area contributed by atoms with Crippen molar-refractivity contribution in [2.24, 2.45) is 0 Å². The van der Waals surface area contributed by atoms with Gasteiger partial charge in [0.25, 0.3) is 0 Å². The number of hydrogen-bond donors (Lipinski definition) is 0. The van der Waals surface area contributed by atoms with Gasteiger partial charge in [-0.2, -0.15) is 0 Å². The average Bonchev–Trinajstić information content (AvgIpc) is 3.08. The smallest absolute Gasteiger partial charge is 0.191 e. The molecule has 4 nitrogen and oxygen atoms in total. The lowest BCUT2D eigenvalue weighted by atomic mass is 10.1. The number of halogens is 2. The second-order valence-electron chi connectivity index (χ2n) is 6.63. The molecule has 0 aliphatic carbocycles. The van der Waals surface area contributed by atoms with E-state index in [0.29, 0.717) is 10.0 Å². The molecule has 3 aromatic rings. The third-order valence-electron chi connectivity index (χ3n) is 4.57. The van der Waals surface area contributed by atoms with Crippen molar-refractivity contribution in [3.8, 4) is 5.75 Å². The Morgan fingerprint density at radius 1 is 1.04 bits per heavy atom. The van der Waals surface area contributed by atoms with Crippen molar-refractivity contribution in [2.45, 2.75) is 51.3 Å². The molecular weight excluding hydrogens is 413 g/mol. The molecule has 0 bridgehead atoms. The first kappa shape index (κ1) is 21.0. The molecule has 0 amide bonds. The fourth-order valence-electron chi connectivity index (χ4n) is 2.83. The highest BCUT2D eigenvalue weighted by molar-refractivity contribution is 7.98. The van der Waals surface area contributed by atoms with E-state index in [0.717, 1.165) is 34.6 Å². The SMILES string of the molecule is CCn1c(SCc2ccc(Cl)c(Cl)c2)nnc1C(C)Oc1ccc(C)c(C)c1. The molecule has 0 aliphatic heterocycles. The maximum Gasteiger partial charge on any atom is 0.191 e. The van der Waals surface area contributed by atoms with Gasteiger partial charge in [-0.25, -0.2) is 0 Å². The van der Waals surface area contributed by atoms with Crippen molar-refractivity contribution < 1.29 is 4.74 Å². The molecule has 0 fully saturated rings. The van der Waals surface area contributed by atoms with E-state index in [9.17, 15) is 0 Å². The lowest BCUT2D eigenvalue weighted by molar-refractivity contribution is 0.209. The standard InChI is InChI=1S/C21H23Cl2N3OS/c1-5-26-20(15(4)27-17-8-6-13(2)14(3)10-17)24-25-21(26)28-12-16-7-9-18(22)19(23)11-16/h6-11,15H,5,12H2,1-4H3. The Labute approximate surface area is 180 Å². The Bertz CT molecular complexity index is 974. The molecule has 148 valence electrons. The zero-order valence-electron chi connectivity index (χ0n) is 16.4. The van der Waals surface area contributed by atoms with E-state index in [1.165, 1.54) is 11.1 Å². The highest BCUT2D eigenvalue weighted by Gasteiger charge is 2.19. The predicted octanol–water partition coefficient (Wildman–Crippen LogP) is 6.65. The van der Waals surface area contributed by atoms with E-state index in [2.05, 4.69) is 47.7 Å². The monoisotopic (exact) mass is 435 g/mol. The van der Waals surface area contributed by atoms with Crippen LogP contribution >= 0.6 is 35.0 Å². The summed E-state index contributed by atoms with van der Waals surface area (Å²) in [5, 5.41) is 10.7. The van der Waals surface area contributed by atoms with Gasteiger partial charge in [0.15, 0.2) is 17.1 Å². The van der Waals surface area contributed by atoms with Crippen LogP contribution in [0.15, 0.2) is 41.6 Å². The van der Waals surface area contributed by atoms with Crippen LogP contribution in [0.5, 0.6) is 5.75 Å². The zero-order chi connectivity index (χ0) is 20.3. The zero-order valence-corrected chi connectivity index (χ0v) is 18.7. The molecule has 0 saturated heterocycles. The molecule has 1 aromatic heterocycles. The molecule has 7 heteroatoms. The molecule has 0 saturated carbocycles. The minimum atomic E-state index is -0.200. The fourth-order valence-corrected chi connectivity index (χ4v) is 4.10. The molecule has 28 heavy (non-hydrogen) atoms. The average molecular weight is 436 g/mol. The van der Waals surface area contributed by atoms with Crippen LogP contribution in [0.2, 0.25) is 10.0 Å². The number of ether oxygens (including phenoxy) is 1. The van der Waals surface area contributed by atoms with Gasteiger partial charge in [-0.05, 0) is 68.7 Å². The van der Waals surface area contributed by atoms with Gasteiger partial charge in [-0.1, -0.05) is 47.1 Å². The molecule has 0 aliphatic rings. The summed E-state index contributed by atoms with van der Waals surface area (Å²) in [5.41, 5.74) is 3.54. The summed E-state index contributed by atoms with van der Waals surface area (Å²) in [7, 11) is 0. The van der Waals surface area contributed by atoms with Crippen LogP contribution in [-0.4, -0.2) is 14.8 Å². The lowest BCUT2D eigenvalue weighted by Crippen LogP contribution is -2.12. The van der Waals surface area contributed by atoms with Crippen molar-refractivity contribution in [1.82, 2.24) is 14.8 Å². The summed E-state index contributed by atoms with van der Waals surface area (Å²) in [6.07, 6.45) is -0.200. The van der Waals surface area contributed by atoms with Gasteiger partial charge < -0.3 is 9.30 Å². The quantitative estimate of drug-likeness (QED) is 0.389. The van der Waals surface area contributed by atoms with E-state index in [4.69, 9.17) is 27.9 Å². The van der Waals surface area contributed by atoms with Crippen molar-refractivity contribution in [3.63, 3.8) is 0 Å². The Balaban J connectivity index is 1.73. The molecule has 3 rings (SSSR count). The summed E-state index contributed by atoms with van der Waals surface area (Å²) in [6, 6.07) is 11.8. The molecule has 0 N–H and O–H groups in total. The largest absolute Gasteiger partial charge is 0.483 e. The fraction of sp³-hybridized carbons (Fsp3) is 0.333. The number of hydrogen-bond acceptors (Lipinski definition) is 4. The molecule has 0 radical (unpaired) electrons. The Morgan fingerprint density at radius 2 is 1.82 bits per heavy atom. The Morgan fingerprint density at radius 3 is 2.50 bits per heavy atom. The number of rotatable bonds is 7. The molecule has 0 spiro atoms. The van der Waals surface area contributed by atoms with Gasteiger partial charge in [-0.15, -0.1) is 10.2 Å². The Kier molecular flexibility index (Phi) is 6.91. The second kappa shape index (κ2) is 9.21. The first-order valence-corrected chi connectivity index (χ1v) is 10.9. The number of aromatic nitrogens is 3. The van der Waals surface area contributed by atoms with Crippen LogP contribution in [0, 0.1) is 13.8 Å². The highest BCUT2D eigenvalue weighted by Crippen LogP contribution is 2.29. The van der Waals surface area contributed by atoms with E-state index in [1.807, 2.05) is 31.2 Å². The summed E-state index contributed by atoms with van der Waals surface area (Å²) < 4.78 is 8.21. The van der Waals surface area contributed by atoms with Crippen LogP contribution < -0.4 is 4.74 Å². The third kappa shape index (κ3) is 4.83. The summed E-state index contributed by atoms with van der Waals surface area (Å²) in [6.45, 7) is 9.02. The third-order valence-corrected chi connectivity index (χ3v) is 6.35. The summed E-state index contributed by atoms with van der Waals surface area (Å²) in [4.78, 5) is 0. The van der Waals surface area contributed by atoms with Crippen LogP contribution in [0.1, 0.15) is 42.5 Å². The summed E-state index contributed by atoms with van der Waals surface area (Å²) in [5.74, 6) is 2.39. The normalized spacial score (nSPS) is 12.2. The maximum atomic E-state index is 6.12. The molecule has 2 aromatic carbocycles. The Hall–Kier alpha value is -1.69. The number of nitrogens with zero attached hydrogens (tertiary/aromatic N) is 3. The number of aryl methyl sites for hydroxylation is 2. The molecule has 1 heterocycles. The minimum Gasteiger partial charge on any atom is -0.483 e. The molecular formula is C21H23Cl2N3OS. The van der Waals surface area contributed by atoms with Gasteiger partial charge in [0.05, 0.1) is 10.0 Å². The summed E-state index contributed by atoms with van der Waals surface area (Å²) >= 11 is 13.7. The van der Waals surface area contributed by atoms with Gasteiger partial charge in [0.1, 0.15) is 5.75 Å². The lowest BCUT2D eigenvalue weighted by Gasteiger charge is -2.16. The van der Waals surface area contributed by atoms with Gasteiger partial charge >= 0.3 is 0 Å². The first-order valence-electron chi connectivity index (χ1n) is 9.12. The van der Waals surface area contributed by atoms with Gasteiger partial charge in [0.2, 0.25) is 0 Å². The highest BCUT2D eigenvalue weighted by atomic mass is 35.5.